The molecular formula is C5H7BrO. The molecule has 0 radical (unpaired) electrons. The SMILES string of the molecule is OC1CCC=C1Br. The molecule has 0 aromatic carbocycles. The quantitative estimate of drug-likeness (QED) is 0.572. The van der Waals surface area contributed by atoms with E-state index in [4.69, 9.17) is 5.11 Å². The zero-order chi connectivity index (χ0) is 5.28. The molecule has 1 atom stereocenters. The Balaban J connectivity index is 2.54. The molecule has 0 saturated carbocycles. The van der Waals surface area contributed by atoms with E-state index in [1.54, 1.807) is 0 Å². The van der Waals surface area contributed by atoms with E-state index < -0.39 is 0 Å². The van der Waals surface area contributed by atoms with E-state index in [1.807, 2.05) is 6.08 Å². The third kappa shape index (κ3) is 1.04. The van der Waals surface area contributed by atoms with Gasteiger partial charge in [-0.1, -0.05) is 22.0 Å². The van der Waals surface area contributed by atoms with Crippen LogP contribution in [0.1, 0.15) is 12.8 Å². The molecule has 1 rings (SSSR count). The van der Waals surface area contributed by atoms with Crippen LogP contribution >= 0.6 is 15.9 Å². The van der Waals surface area contributed by atoms with E-state index in [1.165, 1.54) is 0 Å². The number of halogens is 1. The van der Waals surface area contributed by atoms with Crippen LogP contribution in [-0.4, -0.2) is 11.2 Å². The maximum Gasteiger partial charge on any atom is 0.0854 e. The van der Waals surface area contributed by atoms with Gasteiger partial charge in [0.25, 0.3) is 0 Å². The van der Waals surface area contributed by atoms with Crippen molar-refractivity contribution in [1.82, 2.24) is 0 Å². The van der Waals surface area contributed by atoms with Gasteiger partial charge in [-0.15, -0.1) is 0 Å². The third-order valence-electron chi connectivity index (χ3n) is 1.10. The average molecular weight is 163 g/mol. The fraction of sp³-hybridized carbons (Fsp3) is 0.600. The Morgan fingerprint density at radius 1 is 1.86 bits per heavy atom. The molecule has 0 spiro atoms. The molecular weight excluding hydrogens is 156 g/mol. The second kappa shape index (κ2) is 1.97. The summed E-state index contributed by atoms with van der Waals surface area (Å²) in [5.41, 5.74) is 0. The van der Waals surface area contributed by atoms with Crippen LogP contribution in [0.15, 0.2) is 10.6 Å². The summed E-state index contributed by atoms with van der Waals surface area (Å²) >= 11 is 3.21. The molecule has 0 fully saturated rings. The summed E-state index contributed by atoms with van der Waals surface area (Å²) in [6.07, 6.45) is 3.70. The summed E-state index contributed by atoms with van der Waals surface area (Å²) in [6, 6.07) is 0. The molecule has 40 valence electrons. The van der Waals surface area contributed by atoms with E-state index in [0.717, 1.165) is 17.3 Å². The Bertz CT molecular complexity index is 98.3. The first-order valence-electron chi connectivity index (χ1n) is 2.34. The van der Waals surface area contributed by atoms with Gasteiger partial charge in [0.15, 0.2) is 0 Å². The Morgan fingerprint density at radius 3 is 2.71 bits per heavy atom. The lowest BCUT2D eigenvalue weighted by atomic mass is 10.3. The molecule has 2 heteroatoms. The van der Waals surface area contributed by atoms with Gasteiger partial charge >= 0.3 is 0 Å². The number of aliphatic hydroxyl groups excluding tert-OH is 1. The first-order valence-corrected chi connectivity index (χ1v) is 3.13. The van der Waals surface area contributed by atoms with Crippen molar-refractivity contribution in [2.24, 2.45) is 0 Å². The minimum absolute atomic E-state index is 0.208. The molecule has 0 aromatic heterocycles. The molecule has 1 aliphatic carbocycles. The Hall–Kier alpha value is 0.180. The highest BCUT2D eigenvalue weighted by atomic mass is 79.9. The maximum atomic E-state index is 8.88. The van der Waals surface area contributed by atoms with Crippen LogP contribution in [0.5, 0.6) is 0 Å². The van der Waals surface area contributed by atoms with Crippen molar-refractivity contribution in [1.29, 1.82) is 0 Å². The lowest BCUT2D eigenvalue weighted by Gasteiger charge is -1.96. The second-order valence-corrected chi connectivity index (χ2v) is 2.60. The van der Waals surface area contributed by atoms with Crippen molar-refractivity contribution >= 4 is 15.9 Å². The smallest absolute Gasteiger partial charge is 0.0854 e. The highest BCUT2D eigenvalue weighted by molar-refractivity contribution is 9.11. The Labute approximate surface area is 51.2 Å². The summed E-state index contributed by atoms with van der Waals surface area (Å²) < 4.78 is 0.951. The number of allylic oxidation sites excluding steroid dienone is 1. The molecule has 0 bridgehead atoms. The lowest BCUT2D eigenvalue weighted by molar-refractivity contribution is 0.220. The minimum atomic E-state index is -0.208. The number of rotatable bonds is 0. The molecule has 0 heterocycles. The summed E-state index contributed by atoms with van der Waals surface area (Å²) in [5.74, 6) is 0. The predicted molar refractivity (Wildman–Crippen MR) is 32.3 cm³/mol. The van der Waals surface area contributed by atoms with Crippen LogP contribution < -0.4 is 0 Å². The molecule has 0 aromatic rings. The highest BCUT2D eigenvalue weighted by Gasteiger charge is 2.11. The van der Waals surface area contributed by atoms with Gasteiger partial charge in [-0.25, -0.2) is 0 Å². The number of hydrogen-bond acceptors (Lipinski definition) is 1. The van der Waals surface area contributed by atoms with Crippen molar-refractivity contribution in [2.45, 2.75) is 18.9 Å². The van der Waals surface area contributed by atoms with Gasteiger partial charge in [-0.05, 0) is 12.8 Å². The second-order valence-electron chi connectivity index (χ2n) is 1.68. The van der Waals surface area contributed by atoms with Crippen LogP contribution in [-0.2, 0) is 0 Å². The summed E-state index contributed by atoms with van der Waals surface area (Å²) in [5, 5.41) is 8.88. The number of aliphatic hydroxyl groups is 1. The standard InChI is InChI=1S/C5H7BrO/c6-4-2-1-3-5(4)7/h2,5,7H,1,3H2. The average Bonchev–Trinajstić information content (AvgIpc) is 1.91. The van der Waals surface area contributed by atoms with Gasteiger partial charge in [-0.2, -0.15) is 0 Å². The van der Waals surface area contributed by atoms with Crippen LogP contribution in [0.2, 0.25) is 0 Å². The van der Waals surface area contributed by atoms with E-state index >= 15 is 0 Å². The largest absolute Gasteiger partial charge is 0.388 e. The fourth-order valence-corrected chi connectivity index (χ4v) is 1.11. The van der Waals surface area contributed by atoms with E-state index in [0.29, 0.717) is 0 Å². The van der Waals surface area contributed by atoms with Crippen molar-refractivity contribution in [2.75, 3.05) is 0 Å². The van der Waals surface area contributed by atoms with Gasteiger partial charge in [0.05, 0.1) is 6.10 Å². The monoisotopic (exact) mass is 162 g/mol. The van der Waals surface area contributed by atoms with E-state index in [2.05, 4.69) is 15.9 Å². The Morgan fingerprint density at radius 2 is 2.57 bits per heavy atom. The third-order valence-corrected chi connectivity index (χ3v) is 1.95. The summed E-state index contributed by atoms with van der Waals surface area (Å²) in [7, 11) is 0. The molecule has 0 aliphatic heterocycles. The van der Waals surface area contributed by atoms with Crippen molar-refractivity contribution < 1.29 is 5.11 Å². The van der Waals surface area contributed by atoms with Crippen LogP contribution in [0.4, 0.5) is 0 Å². The molecule has 1 nitrogen and oxygen atoms in total. The van der Waals surface area contributed by atoms with E-state index in [9.17, 15) is 0 Å². The normalized spacial score (nSPS) is 30.6. The molecule has 0 amide bonds. The minimum Gasteiger partial charge on any atom is -0.388 e. The van der Waals surface area contributed by atoms with Gasteiger partial charge in [0.2, 0.25) is 0 Å². The van der Waals surface area contributed by atoms with Crippen molar-refractivity contribution in [3.63, 3.8) is 0 Å². The first kappa shape index (κ1) is 5.32. The molecule has 1 N–H and O–H groups in total. The zero-order valence-corrected chi connectivity index (χ0v) is 5.48. The van der Waals surface area contributed by atoms with Gasteiger partial charge < -0.3 is 5.11 Å². The van der Waals surface area contributed by atoms with Crippen molar-refractivity contribution in [3.05, 3.63) is 10.6 Å². The van der Waals surface area contributed by atoms with Gasteiger partial charge in [0.1, 0.15) is 0 Å². The van der Waals surface area contributed by atoms with E-state index in [-0.39, 0.29) is 6.10 Å². The highest BCUT2D eigenvalue weighted by Crippen LogP contribution is 2.22. The van der Waals surface area contributed by atoms with Gasteiger partial charge in [0, 0.05) is 4.48 Å². The molecule has 0 saturated heterocycles. The summed E-state index contributed by atoms with van der Waals surface area (Å²) in [4.78, 5) is 0. The first-order chi connectivity index (χ1) is 3.30. The molecule has 7 heavy (non-hydrogen) atoms. The van der Waals surface area contributed by atoms with Crippen LogP contribution in [0.25, 0.3) is 0 Å². The molecule has 1 unspecified atom stereocenters. The summed E-state index contributed by atoms with van der Waals surface area (Å²) in [6.45, 7) is 0. The maximum absolute atomic E-state index is 8.88. The van der Waals surface area contributed by atoms with Crippen LogP contribution in [0, 0.1) is 0 Å². The van der Waals surface area contributed by atoms with Gasteiger partial charge in [-0.3, -0.25) is 0 Å². The lowest BCUT2D eigenvalue weighted by Crippen LogP contribution is -1.98. The topological polar surface area (TPSA) is 20.2 Å². The Kier molecular flexibility index (Phi) is 1.50. The van der Waals surface area contributed by atoms with Crippen molar-refractivity contribution in [3.8, 4) is 0 Å². The number of hydrogen-bond donors (Lipinski definition) is 1. The molecule has 1 aliphatic rings. The van der Waals surface area contributed by atoms with Crippen LogP contribution in [0.3, 0.4) is 0 Å². The fourth-order valence-electron chi connectivity index (χ4n) is 0.653. The predicted octanol–water partition coefficient (Wildman–Crippen LogP) is 1.42. The zero-order valence-electron chi connectivity index (χ0n) is 3.89.